The molecule has 1 heterocycles. The highest BCUT2D eigenvalue weighted by molar-refractivity contribution is 7.89. The van der Waals surface area contributed by atoms with Crippen molar-refractivity contribution in [3.63, 3.8) is 0 Å². The van der Waals surface area contributed by atoms with E-state index in [4.69, 9.17) is 0 Å². The number of hydrogen-bond donors (Lipinski definition) is 1. The first-order chi connectivity index (χ1) is 10.1. The van der Waals surface area contributed by atoms with Gasteiger partial charge in [0.05, 0.1) is 11.0 Å². The van der Waals surface area contributed by atoms with Gasteiger partial charge in [0.15, 0.2) is 0 Å². The van der Waals surface area contributed by atoms with E-state index in [1.54, 1.807) is 10.4 Å². The van der Waals surface area contributed by atoms with Gasteiger partial charge in [-0.2, -0.15) is 4.31 Å². The van der Waals surface area contributed by atoms with Crippen molar-refractivity contribution in [1.29, 1.82) is 0 Å². The largest absolute Gasteiger partial charge is 0.393 e. The van der Waals surface area contributed by atoms with Gasteiger partial charge in [-0.15, -0.1) is 0 Å². The van der Waals surface area contributed by atoms with Crippen LogP contribution in [0.2, 0.25) is 0 Å². The lowest BCUT2D eigenvalue weighted by Gasteiger charge is -2.19. The molecule has 1 N–H and O–H groups in total. The van der Waals surface area contributed by atoms with Gasteiger partial charge in [0.2, 0.25) is 10.0 Å². The standard InChI is InChI=1S/C16H21NO3S/c18-16-7-5-13-9-17(10-15(13)16)21(19,20)14-6-4-11-2-1-3-12(11)8-14/h4,6,8,13,15-16,18H,1-3,5,7,9-10H2. The lowest BCUT2D eigenvalue weighted by Crippen LogP contribution is -2.31. The summed E-state index contributed by atoms with van der Waals surface area (Å²) in [4.78, 5) is 0.428. The van der Waals surface area contributed by atoms with Crippen molar-refractivity contribution in [2.24, 2.45) is 11.8 Å². The third-order valence-electron chi connectivity index (χ3n) is 5.49. The zero-order valence-electron chi connectivity index (χ0n) is 12.0. The average molecular weight is 307 g/mol. The van der Waals surface area contributed by atoms with E-state index in [-0.39, 0.29) is 12.0 Å². The van der Waals surface area contributed by atoms with Crippen molar-refractivity contribution < 1.29 is 13.5 Å². The number of fused-ring (bicyclic) bond motifs is 2. The maximum Gasteiger partial charge on any atom is 0.243 e. The number of hydrogen-bond acceptors (Lipinski definition) is 3. The minimum absolute atomic E-state index is 0.134. The van der Waals surface area contributed by atoms with E-state index in [2.05, 4.69) is 0 Å². The van der Waals surface area contributed by atoms with Crippen LogP contribution >= 0.6 is 0 Å². The lowest BCUT2D eigenvalue weighted by molar-refractivity contribution is 0.129. The summed E-state index contributed by atoms with van der Waals surface area (Å²) in [5.74, 6) is 0.471. The van der Waals surface area contributed by atoms with Gasteiger partial charge in [-0.3, -0.25) is 0 Å². The number of sulfonamides is 1. The summed E-state index contributed by atoms with van der Waals surface area (Å²) in [5, 5.41) is 9.96. The Morgan fingerprint density at radius 1 is 1.10 bits per heavy atom. The summed E-state index contributed by atoms with van der Waals surface area (Å²) in [6, 6.07) is 5.59. The normalized spacial score (nSPS) is 32.3. The van der Waals surface area contributed by atoms with Crippen molar-refractivity contribution in [3.05, 3.63) is 29.3 Å². The molecule has 21 heavy (non-hydrogen) atoms. The molecule has 4 nitrogen and oxygen atoms in total. The second-order valence-corrected chi connectivity index (χ2v) is 8.61. The van der Waals surface area contributed by atoms with E-state index < -0.39 is 10.0 Å². The summed E-state index contributed by atoms with van der Waals surface area (Å²) in [7, 11) is -3.40. The highest BCUT2D eigenvalue weighted by Crippen LogP contribution is 2.40. The summed E-state index contributed by atoms with van der Waals surface area (Å²) >= 11 is 0. The minimum Gasteiger partial charge on any atom is -0.393 e. The minimum atomic E-state index is -3.40. The van der Waals surface area contributed by atoms with Crippen LogP contribution < -0.4 is 0 Å². The number of aliphatic hydroxyl groups is 1. The van der Waals surface area contributed by atoms with Gasteiger partial charge in [-0.05, 0) is 61.3 Å². The fourth-order valence-electron chi connectivity index (χ4n) is 4.25. The van der Waals surface area contributed by atoms with Gasteiger partial charge in [-0.25, -0.2) is 8.42 Å². The van der Waals surface area contributed by atoms with Crippen molar-refractivity contribution >= 4 is 10.0 Å². The topological polar surface area (TPSA) is 57.6 Å². The molecule has 1 saturated heterocycles. The molecule has 2 aliphatic carbocycles. The van der Waals surface area contributed by atoms with Gasteiger partial charge < -0.3 is 5.11 Å². The zero-order valence-corrected chi connectivity index (χ0v) is 12.8. The first-order valence-electron chi connectivity index (χ1n) is 7.86. The molecule has 1 saturated carbocycles. The molecular formula is C16H21NO3S. The van der Waals surface area contributed by atoms with E-state index >= 15 is 0 Å². The van der Waals surface area contributed by atoms with E-state index in [0.717, 1.165) is 32.1 Å². The van der Waals surface area contributed by atoms with Crippen LogP contribution in [0.15, 0.2) is 23.1 Å². The Hall–Kier alpha value is -0.910. The molecule has 3 atom stereocenters. The van der Waals surface area contributed by atoms with Crippen LogP contribution in [0, 0.1) is 11.8 Å². The highest BCUT2D eigenvalue weighted by atomic mass is 32.2. The van der Waals surface area contributed by atoms with Gasteiger partial charge in [0.1, 0.15) is 0 Å². The van der Waals surface area contributed by atoms with Crippen LogP contribution in [0.25, 0.3) is 0 Å². The van der Waals surface area contributed by atoms with Crippen LogP contribution in [0.1, 0.15) is 30.4 Å². The lowest BCUT2D eigenvalue weighted by atomic mass is 10.00. The zero-order chi connectivity index (χ0) is 14.6. The fraction of sp³-hybridized carbons (Fsp3) is 0.625. The number of aliphatic hydroxyl groups excluding tert-OH is 1. The molecule has 3 unspecified atom stereocenters. The first-order valence-corrected chi connectivity index (χ1v) is 9.30. The van der Waals surface area contributed by atoms with Crippen LogP contribution in [0.4, 0.5) is 0 Å². The molecule has 4 rings (SSSR count). The molecule has 0 aromatic heterocycles. The quantitative estimate of drug-likeness (QED) is 0.902. The Morgan fingerprint density at radius 3 is 2.71 bits per heavy atom. The van der Waals surface area contributed by atoms with Gasteiger partial charge in [0.25, 0.3) is 0 Å². The molecule has 5 heteroatoms. The summed E-state index contributed by atoms with van der Waals surface area (Å²) < 4.78 is 27.2. The van der Waals surface area contributed by atoms with Crippen molar-refractivity contribution in [1.82, 2.24) is 4.31 Å². The Morgan fingerprint density at radius 2 is 1.90 bits per heavy atom. The fourth-order valence-corrected chi connectivity index (χ4v) is 5.84. The van der Waals surface area contributed by atoms with Crippen LogP contribution in [0.3, 0.4) is 0 Å². The highest BCUT2D eigenvalue weighted by Gasteiger charge is 2.45. The Balaban J connectivity index is 1.62. The Bertz CT molecular complexity index is 670. The Labute approximate surface area is 125 Å². The molecule has 0 bridgehead atoms. The maximum atomic E-state index is 12.8. The molecule has 114 valence electrons. The van der Waals surface area contributed by atoms with Gasteiger partial charge in [0, 0.05) is 19.0 Å². The van der Waals surface area contributed by atoms with Gasteiger partial charge >= 0.3 is 0 Å². The van der Waals surface area contributed by atoms with Crippen LogP contribution in [-0.2, 0) is 22.9 Å². The molecule has 0 amide bonds. The molecule has 1 aromatic rings. The van der Waals surface area contributed by atoms with Crippen LogP contribution in [0.5, 0.6) is 0 Å². The molecule has 2 fully saturated rings. The van der Waals surface area contributed by atoms with E-state index in [1.165, 1.54) is 11.1 Å². The number of aryl methyl sites for hydroxylation is 2. The molecule has 0 radical (unpaired) electrons. The number of rotatable bonds is 2. The summed E-state index contributed by atoms with van der Waals surface area (Å²) in [6.45, 7) is 1.05. The third-order valence-corrected chi connectivity index (χ3v) is 7.32. The Kier molecular flexibility index (Phi) is 3.14. The predicted octanol–water partition coefficient (Wildman–Crippen LogP) is 1.57. The summed E-state index contributed by atoms with van der Waals surface area (Å²) in [6.07, 6.45) is 4.62. The van der Waals surface area contributed by atoms with E-state index in [0.29, 0.717) is 23.9 Å². The smallest absolute Gasteiger partial charge is 0.243 e. The van der Waals surface area contributed by atoms with Crippen molar-refractivity contribution in [2.45, 2.75) is 43.1 Å². The third kappa shape index (κ3) is 2.14. The first kappa shape index (κ1) is 13.7. The van der Waals surface area contributed by atoms with E-state index in [1.807, 2.05) is 12.1 Å². The summed E-state index contributed by atoms with van der Waals surface area (Å²) in [5.41, 5.74) is 2.48. The molecule has 3 aliphatic rings. The van der Waals surface area contributed by atoms with Crippen molar-refractivity contribution in [3.8, 4) is 0 Å². The monoisotopic (exact) mass is 307 g/mol. The number of nitrogens with zero attached hydrogens (tertiary/aromatic N) is 1. The maximum absolute atomic E-state index is 12.8. The second kappa shape index (κ2) is 4.80. The second-order valence-electron chi connectivity index (χ2n) is 6.67. The number of benzene rings is 1. The molecular weight excluding hydrogens is 286 g/mol. The van der Waals surface area contributed by atoms with Gasteiger partial charge in [-0.1, -0.05) is 6.07 Å². The van der Waals surface area contributed by atoms with Crippen LogP contribution in [-0.4, -0.2) is 37.0 Å². The van der Waals surface area contributed by atoms with E-state index in [9.17, 15) is 13.5 Å². The predicted molar refractivity (Wildman–Crippen MR) is 79.4 cm³/mol. The molecule has 1 aromatic carbocycles. The SMILES string of the molecule is O=S(=O)(c1ccc2c(c1)CCC2)N1CC2CCC(O)C2C1. The molecule has 0 spiro atoms. The molecule has 1 aliphatic heterocycles. The van der Waals surface area contributed by atoms with Crippen molar-refractivity contribution in [2.75, 3.05) is 13.1 Å². The average Bonchev–Trinajstić information content (AvgIpc) is 3.15.